The molecule has 4 heteroatoms. The number of carbonyl (C=O) groups is 1. The molecule has 4 N–H and O–H groups in total. The Balaban J connectivity index is 2.17. The summed E-state index contributed by atoms with van der Waals surface area (Å²) in [6.07, 6.45) is 0. The van der Waals surface area contributed by atoms with Crippen LogP contribution in [0, 0.1) is 5.92 Å². The van der Waals surface area contributed by atoms with Gasteiger partial charge in [0.2, 0.25) is 5.91 Å². The Labute approximate surface area is 172 Å². The maximum Gasteiger partial charge on any atom is 0.237 e. The number of carbonyl (C=O) groups excluding carboxylic acids is 1. The van der Waals surface area contributed by atoms with Gasteiger partial charge in [-0.25, -0.2) is 0 Å². The lowest BCUT2D eigenvalue weighted by Crippen LogP contribution is -2.51. The molecule has 29 heavy (non-hydrogen) atoms. The van der Waals surface area contributed by atoms with Crippen LogP contribution in [0.25, 0.3) is 0 Å². The quantitative estimate of drug-likeness (QED) is 0.577. The Hall–Kier alpha value is -2.95. The van der Waals surface area contributed by atoms with Gasteiger partial charge in [0, 0.05) is 0 Å². The lowest BCUT2D eigenvalue weighted by atomic mass is 9.77. The summed E-state index contributed by atoms with van der Waals surface area (Å²) < 4.78 is 0. The number of nitrogens with one attached hydrogen (secondary N) is 1. The third-order valence-electron chi connectivity index (χ3n) is 5.29. The molecule has 0 spiro atoms. The van der Waals surface area contributed by atoms with Crippen molar-refractivity contribution in [3.63, 3.8) is 0 Å². The average Bonchev–Trinajstić information content (AvgIpc) is 2.78. The molecule has 0 unspecified atom stereocenters. The topological polar surface area (TPSA) is 75.4 Å². The fourth-order valence-corrected chi connectivity index (χ4v) is 3.50. The Bertz CT molecular complexity index is 872. The number of rotatable bonds is 7. The molecule has 0 bridgehead atoms. The zero-order valence-corrected chi connectivity index (χ0v) is 16.8. The highest BCUT2D eigenvalue weighted by molar-refractivity contribution is 5.82. The van der Waals surface area contributed by atoms with Gasteiger partial charge in [0.05, 0.1) is 12.1 Å². The molecule has 0 aromatic heterocycles. The highest BCUT2D eigenvalue weighted by Gasteiger charge is 2.42. The number of hydrogen-bond acceptors (Lipinski definition) is 3. The fraction of sp³-hybridized carbons (Fsp3) is 0.240. The third kappa shape index (κ3) is 4.39. The number of amides is 1. The van der Waals surface area contributed by atoms with Crippen LogP contribution in [0.4, 0.5) is 0 Å². The van der Waals surface area contributed by atoms with Crippen LogP contribution in [-0.2, 0) is 10.4 Å². The minimum atomic E-state index is -1.48. The second kappa shape index (κ2) is 9.03. The Morgan fingerprint density at radius 3 is 1.66 bits per heavy atom. The maximum atomic E-state index is 12.9. The van der Waals surface area contributed by atoms with E-state index in [4.69, 9.17) is 5.73 Å². The minimum absolute atomic E-state index is 0.0204. The summed E-state index contributed by atoms with van der Waals surface area (Å²) in [7, 11) is 0. The van der Waals surface area contributed by atoms with Crippen molar-refractivity contribution in [2.24, 2.45) is 11.7 Å². The summed E-state index contributed by atoms with van der Waals surface area (Å²) >= 11 is 0. The molecular weight excluding hydrogens is 360 g/mol. The van der Waals surface area contributed by atoms with Crippen LogP contribution in [0.1, 0.15) is 36.6 Å². The van der Waals surface area contributed by atoms with E-state index in [0.717, 1.165) is 5.56 Å². The van der Waals surface area contributed by atoms with E-state index in [0.29, 0.717) is 11.1 Å². The van der Waals surface area contributed by atoms with Gasteiger partial charge in [-0.05, 0) is 22.6 Å². The molecule has 3 aromatic carbocycles. The van der Waals surface area contributed by atoms with Gasteiger partial charge in [-0.2, -0.15) is 0 Å². The Morgan fingerprint density at radius 1 is 0.828 bits per heavy atom. The van der Waals surface area contributed by atoms with Crippen molar-refractivity contribution >= 4 is 5.91 Å². The Kier molecular flexibility index (Phi) is 6.47. The highest BCUT2D eigenvalue weighted by atomic mass is 16.3. The van der Waals surface area contributed by atoms with E-state index in [9.17, 15) is 9.90 Å². The first-order chi connectivity index (χ1) is 13.9. The lowest BCUT2D eigenvalue weighted by molar-refractivity contribution is -0.126. The van der Waals surface area contributed by atoms with Crippen molar-refractivity contribution in [2.75, 3.05) is 0 Å². The predicted octanol–water partition coefficient (Wildman–Crippen LogP) is 3.76. The molecule has 0 aliphatic heterocycles. The molecule has 0 saturated heterocycles. The Morgan fingerprint density at radius 2 is 1.24 bits per heavy atom. The summed E-state index contributed by atoms with van der Waals surface area (Å²) in [5.74, 6) is -0.313. The molecule has 0 saturated carbocycles. The largest absolute Gasteiger partial charge is 0.378 e. The first kappa shape index (κ1) is 20.8. The van der Waals surface area contributed by atoms with E-state index in [1.54, 1.807) is 0 Å². The van der Waals surface area contributed by atoms with Crippen molar-refractivity contribution in [1.82, 2.24) is 5.32 Å². The zero-order valence-electron chi connectivity index (χ0n) is 16.8. The summed E-state index contributed by atoms with van der Waals surface area (Å²) in [5.41, 5.74) is 6.82. The maximum absolute atomic E-state index is 12.9. The van der Waals surface area contributed by atoms with E-state index in [2.05, 4.69) is 5.32 Å². The van der Waals surface area contributed by atoms with Crippen LogP contribution in [0.5, 0.6) is 0 Å². The van der Waals surface area contributed by atoms with Gasteiger partial charge in [0.25, 0.3) is 0 Å². The predicted molar refractivity (Wildman–Crippen MR) is 116 cm³/mol. The molecule has 150 valence electrons. The minimum Gasteiger partial charge on any atom is -0.378 e. The molecule has 3 rings (SSSR count). The zero-order chi connectivity index (χ0) is 20.9. The smallest absolute Gasteiger partial charge is 0.237 e. The van der Waals surface area contributed by atoms with Gasteiger partial charge in [-0.3, -0.25) is 4.79 Å². The molecule has 2 atom stereocenters. The first-order valence-corrected chi connectivity index (χ1v) is 9.89. The van der Waals surface area contributed by atoms with Crippen LogP contribution in [0.3, 0.4) is 0 Å². The summed E-state index contributed by atoms with van der Waals surface area (Å²) in [6.45, 7) is 3.81. The molecule has 1 amide bonds. The fourth-order valence-electron chi connectivity index (χ4n) is 3.50. The number of nitrogens with two attached hydrogens (primary N) is 1. The molecule has 0 radical (unpaired) electrons. The van der Waals surface area contributed by atoms with Gasteiger partial charge >= 0.3 is 0 Å². The normalized spacial score (nSPS) is 13.7. The van der Waals surface area contributed by atoms with Crippen LogP contribution in [-0.4, -0.2) is 17.1 Å². The molecule has 4 nitrogen and oxygen atoms in total. The summed E-state index contributed by atoms with van der Waals surface area (Å²) in [6, 6.07) is 26.9. The summed E-state index contributed by atoms with van der Waals surface area (Å²) in [5, 5.41) is 15.2. The van der Waals surface area contributed by atoms with Crippen LogP contribution < -0.4 is 11.1 Å². The van der Waals surface area contributed by atoms with E-state index < -0.39 is 17.7 Å². The molecule has 0 heterocycles. The number of aliphatic hydroxyl groups is 1. The number of benzene rings is 3. The van der Waals surface area contributed by atoms with Gasteiger partial charge in [-0.15, -0.1) is 0 Å². The molecule has 0 fully saturated rings. The van der Waals surface area contributed by atoms with Crippen molar-refractivity contribution in [2.45, 2.75) is 31.5 Å². The van der Waals surface area contributed by atoms with E-state index in [-0.39, 0.29) is 11.8 Å². The van der Waals surface area contributed by atoms with Crippen LogP contribution in [0.15, 0.2) is 91.0 Å². The van der Waals surface area contributed by atoms with Gasteiger partial charge in [0.15, 0.2) is 0 Å². The van der Waals surface area contributed by atoms with Crippen molar-refractivity contribution in [3.8, 4) is 0 Å². The van der Waals surface area contributed by atoms with Crippen molar-refractivity contribution < 1.29 is 9.90 Å². The van der Waals surface area contributed by atoms with Crippen LogP contribution >= 0.6 is 0 Å². The number of hydrogen-bond donors (Lipinski definition) is 3. The third-order valence-corrected chi connectivity index (χ3v) is 5.29. The van der Waals surface area contributed by atoms with Crippen molar-refractivity contribution in [3.05, 3.63) is 108 Å². The van der Waals surface area contributed by atoms with Gasteiger partial charge < -0.3 is 16.2 Å². The highest BCUT2D eigenvalue weighted by Crippen LogP contribution is 2.41. The second-order valence-corrected chi connectivity index (χ2v) is 7.62. The standard InChI is InChI=1S/C25H28N2O2/c1-18(2)22(26)24(28)27-23(19-12-6-3-7-13-19)25(29,20-14-8-4-9-15-20)21-16-10-5-11-17-21/h3-18,22-23,29H,26H2,1-2H3,(H,27,28)/t22-,23-/m0/s1. The average molecular weight is 389 g/mol. The van der Waals surface area contributed by atoms with E-state index in [1.807, 2.05) is 105 Å². The van der Waals surface area contributed by atoms with Crippen molar-refractivity contribution in [1.29, 1.82) is 0 Å². The van der Waals surface area contributed by atoms with E-state index in [1.165, 1.54) is 0 Å². The van der Waals surface area contributed by atoms with Gasteiger partial charge in [-0.1, -0.05) is 105 Å². The molecule has 0 aliphatic carbocycles. The molecular formula is C25H28N2O2. The monoisotopic (exact) mass is 388 g/mol. The SMILES string of the molecule is CC(C)[C@H](N)C(=O)N[C@@H](c1ccccc1)C(O)(c1ccccc1)c1ccccc1. The first-order valence-electron chi connectivity index (χ1n) is 9.89. The van der Waals surface area contributed by atoms with Gasteiger partial charge in [0.1, 0.15) is 5.60 Å². The van der Waals surface area contributed by atoms with Crippen LogP contribution in [0.2, 0.25) is 0 Å². The second-order valence-electron chi connectivity index (χ2n) is 7.62. The molecule has 3 aromatic rings. The summed E-state index contributed by atoms with van der Waals surface area (Å²) in [4.78, 5) is 12.9. The van der Waals surface area contributed by atoms with E-state index >= 15 is 0 Å². The molecule has 0 aliphatic rings. The lowest BCUT2D eigenvalue weighted by Gasteiger charge is -2.38.